The molecule has 1 N–H and O–H groups in total. The summed E-state index contributed by atoms with van der Waals surface area (Å²) in [4.78, 5) is 9.83. The maximum absolute atomic E-state index is 9.83. The Bertz CT molecular complexity index is 275. The fraction of sp³-hybridized carbons (Fsp3) is 0.222. The van der Waals surface area contributed by atoms with Crippen molar-refractivity contribution < 1.29 is 14.3 Å². The van der Waals surface area contributed by atoms with Crippen molar-refractivity contribution in [3.63, 3.8) is 0 Å². The maximum Gasteiger partial charge on any atom is 0.294 e. The van der Waals surface area contributed by atoms with Crippen LogP contribution in [0.3, 0.4) is 0 Å². The summed E-state index contributed by atoms with van der Waals surface area (Å²) in [6, 6.07) is 7.36. The predicted octanol–water partition coefficient (Wildman–Crippen LogP) is 1.24. The second-order valence-electron chi connectivity index (χ2n) is 2.32. The molecule has 0 spiro atoms. The van der Waals surface area contributed by atoms with Crippen LogP contribution in [0.15, 0.2) is 24.3 Å². The average molecular weight is 181 g/mol. The molecule has 0 saturated carbocycles. The van der Waals surface area contributed by atoms with Gasteiger partial charge in [-0.2, -0.15) is 0 Å². The molecule has 0 radical (unpaired) electrons. The van der Waals surface area contributed by atoms with E-state index >= 15 is 0 Å². The minimum absolute atomic E-state index is 0.163. The first-order valence-corrected chi connectivity index (χ1v) is 3.80. The van der Waals surface area contributed by atoms with Crippen LogP contribution >= 0.6 is 0 Å². The van der Waals surface area contributed by atoms with Crippen molar-refractivity contribution in [3.8, 4) is 5.75 Å². The van der Waals surface area contributed by atoms with E-state index < -0.39 is 0 Å². The fourth-order valence-electron chi connectivity index (χ4n) is 0.892. The zero-order chi connectivity index (χ0) is 9.52. The van der Waals surface area contributed by atoms with Gasteiger partial charge in [-0.05, 0) is 12.1 Å². The highest BCUT2D eigenvalue weighted by atomic mass is 16.5. The quantitative estimate of drug-likeness (QED) is 0.421. The van der Waals surface area contributed by atoms with Gasteiger partial charge in [0, 0.05) is 11.8 Å². The zero-order valence-corrected chi connectivity index (χ0v) is 7.32. The number of benzene rings is 1. The van der Waals surface area contributed by atoms with Crippen molar-refractivity contribution in [3.05, 3.63) is 24.3 Å². The molecule has 1 rings (SSSR count). The van der Waals surface area contributed by atoms with Gasteiger partial charge in [0.05, 0.1) is 7.11 Å². The molecule has 0 saturated heterocycles. The summed E-state index contributed by atoms with van der Waals surface area (Å²) >= 11 is 0. The predicted molar refractivity (Wildman–Crippen MR) is 48.6 cm³/mol. The van der Waals surface area contributed by atoms with Crippen LogP contribution in [0, 0.1) is 0 Å². The number of carbonyl (C=O) groups is 1. The number of hydrogen-bond acceptors (Lipinski definition) is 4. The van der Waals surface area contributed by atoms with E-state index in [2.05, 4.69) is 10.1 Å². The van der Waals surface area contributed by atoms with Crippen LogP contribution in [0.4, 0.5) is 5.69 Å². The topological polar surface area (TPSA) is 47.6 Å². The van der Waals surface area contributed by atoms with Crippen LogP contribution in [0.2, 0.25) is 0 Å². The lowest BCUT2D eigenvalue weighted by Crippen LogP contribution is -2.04. The Morgan fingerprint density at radius 3 is 3.08 bits per heavy atom. The third-order valence-corrected chi connectivity index (χ3v) is 1.50. The van der Waals surface area contributed by atoms with Gasteiger partial charge in [-0.25, -0.2) is 0 Å². The van der Waals surface area contributed by atoms with Gasteiger partial charge < -0.3 is 14.8 Å². The van der Waals surface area contributed by atoms with Crippen LogP contribution < -0.4 is 10.1 Å². The van der Waals surface area contributed by atoms with Crippen molar-refractivity contribution in [2.75, 3.05) is 19.2 Å². The molecule has 0 atom stereocenters. The van der Waals surface area contributed by atoms with Gasteiger partial charge in [0.25, 0.3) is 6.47 Å². The van der Waals surface area contributed by atoms with Crippen LogP contribution in [0.1, 0.15) is 0 Å². The Balaban J connectivity index is 2.50. The number of ether oxygens (including phenoxy) is 2. The Labute approximate surface area is 76.5 Å². The lowest BCUT2D eigenvalue weighted by molar-refractivity contribution is -0.127. The SMILES string of the molecule is COc1cccc(NCOC=O)c1. The summed E-state index contributed by atoms with van der Waals surface area (Å²) in [5, 5.41) is 2.89. The van der Waals surface area contributed by atoms with E-state index in [0.717, 1.165) is 11.4 Å². The Morgan fingerprint density at radius 2 is 2.38 bits per heavy atom. The summed E-state index contributed by atoms with van der Waals surface area (Å²) in [7, 11) is 1.60. The van der Waals surface area contributed by atoms with Gasteiger partial charge in [-0.3, -0.25) is 4.79 Å². The van der Waals surface area contributed by atoms with E-state index in [1.165, 1.54) is 0 Å². The normalized spacial score (nSPS) is 9.00. The molecule has 0 amide bonds. The van der Waals surface area contributed by atoms with E-state index in [1.807, 2.05) is 24.3 Å². The molecule has 1 aromatic carbocycles. The van der Waals surface area contributed by atoms with E-state index in [9.17, 15) is 4.79 Å². The maximum atomic E-state index is 9.83. The monoisotopic (exact) mass is 181 g/mol. The van der Waals surface area contributed by atoms with Crippen molar-refractivity contribution in [1.82, 2.24) is 0 Å². The van der Waals surface area contributed by atoms with Crippen LogP contribution in [0.5, 0.6) is 5.75 Å². The fourth-order valence-corrected chi connectivity index (χ4v) is 0.892. The van der Waals surface area contributed by atoms with Gasteiger partial charge in [0.2, 0.25) is 0 Å². The van der Waals surface area contributed by atoms with Crippen LogP contribution in [0.25, 0.3) is 0 Å². The van der Waals surface area contributed by atoms with E-state index in [1.54, 1.807) is 7.11 Å². The van der Waals surface area contributed by atoms with Gasteiger partial charge in [-0.1, -0.05) is 6.07 Å². The first kappa shape index (κ1) is 9.38. The summed E-state index contributed by atoms with van der Waals surface area (Å²) in [5.74, 6) is 0.760. The number of hydrogen-bond donors (Lipinski definition) is 1. The first-order valence-electron chi connectivity index (χ1n) is 3.80. The lowest BCUT2D eigenvalue weighted by atomic mass is 10.3. The van der Waals surface area contributed by atoms with Gasteiger partial charge in [-0.15, -0.1) is 0 Å². The second-order valence-corrected chi connectivity index (χ2v) is 2.32. The molecule has 0 aliphatic heterocycles. The molecule has 0 aromatic heterocycles. The highest BCUT2D eigenvalue weighted by Gasteiger charge is 1.93. The minimum atomic E-state index is 0.163. The molecule has 4 heteroatoms. The lowest BCUT2D eigenvalue weighted by Gasteiger charge is -2.05. The highest BCUT2D eigenvalue weighted by Crippen LogP contribution is 2.15. The molecule has 0 unspecified atom stereocenters. The van der Waals surface area contributed by atoms with Crippen molar-refractivity contribution >= 4 is 12.2 Å². The summed E-state index contributed by atoms with van der Waals surface area (Å²) in [6.07, 6.45) is 0. The zero-order valence-electron chi connectivity index (χ0n) is 7.32. The third kappa shape index (κ3) is 3.02. The number of rotatable bonds is 5. The van der Waals surface area contributed by atoms with Gasteiger partial charge in [0.15, 0.2) is 6.73 Å². The van der Waals surface area contributed by atoms with Crippen LogP contribution in [-0.4, -0.2) is 20.3 Å². The number of carbonyl (C=O) groups excluding carboxylic acids is 1. The highest BCUT2D eigenvalue weighted by molar-refractivity contribution is 5.48. The molecular formula is C9H11NO3. The second kappa shape index (κ2) is 5.03. The van der Waals surface area contributed by atoms with Crippen LogP contribution in [-0.2, 0) is 9.53 Å². The summed E-state index contributed by atoms with van der Waals surface area (Å²) in [6.45, 7) is 0.559. The van der Waals surface area contributed by atoms with E-state index in [-0.39, 0.29) is 6.73 Å². The van der Waals surface area contributed by atoms with Crippen molar-refractivity contribution in [2.24, 2.45) is 0 Å². The summed E-state index contributed by atoms with van der Waals surface area (Å²) in [5.41, 5.74) is 0.848. The van der Waals surface area contributed by atoms with E-state index in [4.69, 9.17) is 4.74 Å². The molecule has 0 fully saturated rings. The largest absolute Gasteiger partial charge is 0.497 e. The Hall–Kier alpha value is -1.71. The molecule has 0 aliphatic rings. The van der Waals surface area contributed by atoms with Gasteiger partial charge >= 0.3 is 0 Å². The standard InChI is InChI=1S/C9H11NO3/c1-12-9-4-2-3-8(5-9)10-6-13-7-11/h2-5,7,10H,6H2,1H3. The number of methoxy groups -OCH3 is 1. The molecule has 4 nitrogen and oxygen atoms in total. The smallest absolute Gasteiger partial charge is 0.294 e. The molecule has 0 bridgehead atoms. The third-order valence-electron chi connectivity index (χ3n) is 1.50. The van der Waals surface area contributed by atoms with Crippen molar-refractivity contribution in [2.45, 2.75) is 0 Å². The van der Waals surface area contributed by atoms with Crippen molar-refractivity contribution in [1.29, 1.82) is 0 Å². The molecule has 0 aliphatic carbocycles. The van der Waals surface area contributed by atoms with E-state index in [0.29, 0.717) is 6.47 Å². The summed E-state index contributed by atoms with van der Waals surface area (Å²) < 4.78 is 9.49. The average Bonchev–Trinajstić information content (AvgIpc) is 2.19. The molecule has 0 heterocycles. The number of anilines is 1. The molecule has 70 valence electrons. The molecule has 13 heavy (non-hydrogen) atoms. The first-order chi connectivity index (χ1) is 6.36. The minimum Gasteiger partial charge on any atom is -0.497 e. The molecule has 1 aromatic rings. The Morgan fingerprint density at radius 1 is 1.54 bits per heavy atom. The number of nitrogens with one attached hydrogen (secondary N) is 1. The van der Waals surface area contributed by atoms with Gasteiger partial charge in [0.1, 0.15) is 5.75 Å². The Kier molecular flexibility index (Phi) is 3.63. The molecular weight excluding hydrogens is 170 g/mol.